The maximum atomic E-state index is 14.0. The lowest BCUT2D eigenvalue weighted by Crippen LogP contribution is -2.50. The molecule has 0 aromatic heterocycles. The third-order valence-electron chi connectivity index (χ3n) is 5.39. The number of sulfonamides is 1. The normalized spacial score (nSPS) is 17.6. The molecule has 2 aromatic rings. The number of nitrogens with zero attached hydrogens (tertiary/aromatic N) is 2. The Morgan fingerprint density at radius 1 is 0.964 bits per heavy atom. The Hall–Kier alpha value is -1.96. The minimum Gasteiger partial charge on any atom is -0.336 e. The summed E-state index contributed by atoms with van der Waals surface area (Å²) in [7, 11) is -3.61. The number of rotatable bonds is 3. The van der Waals surface area contributed by atoms with E-state index < -0.39 is 21.7 Å². The van der Waals surface area contributed by atoms with Gasteiger partial charge in [0.2, 0.25) is 10.0 Å². The van der Waals surface area contributed by atoms with Crippen LogP contribution < -0.4 is 0 Å². The molecular formula is C20H20ClFN2O3S. The van der Waals surface area contributed by atoms with Crippen molar-refractivity contribution in [1.82, 2.24) is 9.21 Å². The van der Waals surface area contributed by atoms with Gasteiger partial charge in [-0.25, -0.2) is 12.8 Å². The van der Waals surface area contributed by atoms with Crippen molar-refractivity contribution >= 4 is 27.5 Å². The molecule has 0 radical (unpaired) electrons. The molecule has 1 aliphatic carbocycles. The van der Waals surface area contributed by atoms with Crippen molar-refractivity contribution < 1.29 is 17.6 Å². The van der Waals surface area contributed by atoms with Gasteiger partial charge in [0.25, 0.3) is 5.91 Å². The second kappa shape index (κ2) is 7.46. The summed E-state index contributed by atoms with van der Waals surface area (Å²) in [6.07, 6.45) is 2.96. The lowest BCUT2D eigenvalue weighted by molar-refractivity contribution is 0.0693. The molecule has 1 saturated heterocycles. The van der Waals surface area contributed by atoms with E-state index in [-0.39, 0.29) is 36.8 Å². The van der Waals surface area contributed by atoms with Crippen LogP contribution in [0.1, 0.15) is 27.9 Å². The maximum absolute atomic E-state index is 14.0. The molecule has 0 N–H and O–H groups in total. The molecule has 0 unspecified atom stereocenters. The smallest absolute Gasteiger partial charge is 0.256 e. The Morgan fingerprint density at radius 2 is 1.68 bits per heavy atom. The minimum absolute atomic E-state index is 0.0950. The van der Waals surface area contributed by atoms with Gasteiger partial charge in [-0.1, -0.05) is 17.7 Å². The second-order valence-corrected chi connectivity index (χ2v) is 9.48. The summed E-state index contributed by atoms with van der Waals surface area (Å²) in [6, 6.07) is 9.18. The molecule has 2 aromatic carbocycles. The van der Waals surface area contributed by atoms with Gasteiger partial charge in [-0.2, -0.15) is 4.31 Å². The van der Waals surface area contributed by atoms with Crippen LogP contribution >= 0.6 is 11.6 Å². The summed E-state index contributed by atoms with van der Waals surface area (Å²) in [5, 5.41) is 0.280. The van der Waals surface area contributed by atoms with Crippen molar-refractivity contribution in [3.63, 3.8) is 0 Å². The zero-order chi connectivity index (χ0) is 19.9. The number of aryl methyl sites for hydroxylation is 2. The number of carbonyl (C=O) groups is 1. The SMILES string of the molecule is O=C(c1cc(Cl)ccc1F)N1CCN(S(=O)(=O)c2ccc3c(c2)CCC3)CC1. The van der Waals surface area contributed by atoms with Gasteiger partial charge in [0.1, 0.15) is 5.82 Å². The van der Waals surface area contributed by atoms with Crippen molar-refractivity contribution in [2.45, 2.75) is 24.2 Å². The zero-order valence-corrected chi connectivity index (χ0v) is 16.8. The van der Waals surface area contributed by atoms with E-state index in [4.69, 9.17) is 11.6 Å². The first-order valence-electron chi connectivity index (χ1n) is 9.22. The molecule has 0 spiro atoms. The first kappa shape index (κ1) is 19.4. The number of hydrogen-bond donors (Lipinski definition) is 0. The van der Waals surface area contributed by atoms with Gasteiger partial charge in [0.05, 0.1) is 10.5 Å². The van der Waals surface area contributed by atoms with E-state index in [1.54, 1.807) is 12.1 Å². The van der Waals surface area contributed by atoms with Gasteiger partial charge in [-0.3, -0.25) is 4.79 Å². The first-order valence-corrected chi connectivity index (χ1v) is 11.0. The molecule has 1 aliphatic heterocycles. The third kappa shape index (κ3) is 3.54. The van der Waals surface area contributed by atoms with Crippen LogP contribution in [0.15, 0.2) is 41.3 Å². The zero-order valence-electron chi connectivity index (χ0n) is 15.2. The standard InChI is InChI=1S/C20H20ClFN2O3S/c21-16-5-7-19(22)18(13-16)20(25)23-8-10-24(11-9-23)28(26,27)17-6-4-14-2-1-3-15(14)12-17/h4-7,12-13H,1-3,8-11H2. The fraction of sp³-hybridized carbons (Fsp3) is 0.350. The topological polar surface area (TPSA) is 57.7 Å². The molecule has 0 saturated carbocycles. The highest BCUT2D eigenvalue weighted by Gasteiger charge is 2.31. The molecule has 5 nitrogen and oxygen atoms in total. The Kier molecular flexibility index (Phi) is 5.16. The number of piperazine rings is 1. The number of fused-ring (bicyclic) bond motifs is 1. The largest absolute Gasteiger partial charge is 0.336 e. The van der Waals surface area contributed by atoms with Crippen LogP contribution in [-0.4, -0.2) is 49.7 Å². The number of carbonyl (C=O) groups excluding carboxylic acids is 1. The van der Waals surface area contributed by atoms with E-state index in [0.29, 0.717) is 4.90 Å². The summed E-state index contributed by atoms with van der Waals surface area (Å²) in [5.74, 6) is -1.11. The van der Waals surface area contributed by atoms with Crippen LogP contribution in [0.4, 0.5) is 4.39 Å². The van der Waals surface area contributed by atoms with Gasteiger partial charge in [0, 0.05) is 31.2 Å². The highest BCUT2D eigenvalue weighted by atomic mass is 35.5. The van der Waals surface area contributed by atoms with E-state index >= 15 is 0 Å². The van der Waals surface area contributed by atoms with Gasteiger partial charge in [-0.15, -0.1) is 0 Å². The van der Waals surface area contributed by atoms with Crippen molar-refractivity contribution in [3.8, 4) is 0 Å². The van der Waals surface area contributed by atoms with Gasteiger partial charge >= 0.3 is 0 Å². The van der Waals surface area contributed by atoms with Crippen molar-refractivity contribution in [2.75, 3.05) is 26.2 Å². The molecule has 4 rings (SSSR count). The average Bonchev–Trinajstić information content (AvgIpc) is 3.17. The van der Waals surface area contributed by atoms with Crippen LogP contribution in [0.3, 0.4) is 0 Å². The summed E-state index contributed by atoms with van der Waals surface area (Å²) < 4.78 is 41.3. The third-order valence-corrected chi connectivity index (χ3v) is 7.52. The second-order valence-electron chi connectivity index (χ2n) is 7.10. The molecule has 0 atom stereocenters. The van der Waals surface area contributed by atoms with E-state index in [2.05, 4.69) is 0 Å². The Labute approximate surface area is 168 Å². The molecule has 8 heteroatoms. The summed E-state index contributed by atoms with van der Waals surface area (Å²) >= 11 is 5.87. The Balaban J connectivity index is 1.47. The van der Waals surface area contributed by atoms with Gasteiger partial charge in [0.15, 0.2) is 0 Å². The summed E-state index contributed by atoms with van der Waals surface area (Å²) in [6.45, 7) is 0.755. The van der Waals surface area contributed by atoms with Crippen molar-refractivity contribution in [1.29, 1.82) is 0 Å². The van der Waals surface area contributed by atoms with Crippen LogP contribution in [-0.2, 0) is 22.9 Å². The molecular weight excluding hydrogens is 403 g/mol. The molecule has 0 bridgehead atoms. The Morgan fingerprint density at radius 3 is 2.43 bits per heavy atom. The molecule has 1 amide bonds. The van der Waals surface area contributed by atoms with E-state index in [1.165, 1.54) is 26.9 Å². The molecule has 1 fully saturated rings. The minimum atomic E-state index is -3.61. The fourth-order valence-electron chi connectivity index (χ4n) is 3.82. The van der Waals surface area contributed by atoms with Crippen molar-refractivity contribution in [2.24, 2.45) is 0 Å². The molecule has 2 aliphatic rings. The predicted molar refractivity (Wildman–Crippen MR) is 105 cm³/mol. The predicted octanol–water partition coefficient (Wildman–Crippen LogP) is 3.11. The number of halogens is 2. The maximum Gasteiger partial charge on any atom is 0.256 e. The van der Waals surface area contributed by atoms with Crippen LogP contribution in [0.2, 0.25) is 5.02 Å². The number of amides is 1. The van der Waals surface area contributed by atoms with E-state index in [9.17, 15) is 17.6 Å². The molecule has 28 heavy (non-hydrogen) atoms. The summed E-state index contributed by atoms with van der Waals surface area (Å²) in [4.78, 5) is 14.3. The lowest BCUT2D eigenvalue weighted by Gasteiger charge is -2.34. The lowest BCUT2D eigenvalue weighted by atomic mass is 10.1. The highest BCUT2D eigenvalue weighted by molar-refractivity contribution is 7.89. The van der Waals surface area contributed by atoms with Crippen LogP contribution in [0.5, 0.6) is 0 Å². The molecule has 148 valence electrons. The first-order chi connectivity index (χ1) is 13.4. The van der Waals surface area contributed by atoms with E-state index in [0.717, 1.165) is 30.9 Å². The Bertz CT molecular complexity index is 1030. The quantitative estimate of drug-likeness (QED) is 0.763. The van der Waals surface area contributed by atoms with E-state index in [1.807, 2.05) is 6.07 Å². The highest BCUT2D eigenvalue weighted by Crippen LogP contribution is 2.27. The number of hydrogen-bond acceptors (Lipinski definition) is 3. The van der Waals surface area contributed by atoms with Crippen LogP contribution in [0.25, 0.3) is 0 Å². The van der Waals surface area contributed by atoms with Crippen molar-refractivity contribution in [3.05, 3.63) is 63.9 Å². The average molecular weight is 423 g/mol. The van der Waals surface area contributed by atoms with Crippen LogP contribution in [0, 0.1) is 5.82 Å². The molecule has 1 heterocycles. The fourth-order valence-corrected chi connectivity index (χ4v) is 5.47. The van der Waals surface area contributed by atoms with Gasteiger partial charge in [-0.05, 0) is 60.7 Å². The summed E-state index contributed by atoms with van der Waals surface area (Å²) in [5.41, 5.74) is 2.23. The van der Waals surface area contributed by atoms with Gasteiger partial charge < -0.3 is 4.90 Å². The monoisotopic (exact) mass is 422 g/mol. The number of benzene rings is 2.